The number of nitrogens with one attached hydrogen (secondary N) is 1. The number of rotatable bonds is 2. The van der Waals surface area contributed by atoms with Crippen molar-refractivity contribution in [2.45, 2.75) is 19.3 Å². The van der Waals surface area contributed by atoms with E-state index < -0.39 is 0 Å². The van der Waals surface area contributed by atoms with Crippen LogP contribution in [0.15, 0.2) is 36.7 Å². The Bertz CT molecular complexity index is 805. The fraction of sp³-hybridized carbons (Fsp3) is 0.294. The van der Waals surface area contributed by atoms with Gasteiger partial charge in [0.15, 0.2) is 0 Å². The Morgan fingerprint density at radius 1 is 1.14 bits per heavy atom. The summed E-state index contributed by atoms with van der Waals surface area (Å²) in [4.78, 5) is 14.4. The van der Waals surface area contributed by atoms with Crippen LogP contribution in [0, 0.1) is 0 Å². The van der Waals surface area contributed by atoms with Gasteiger partial charge in [-0.1, -0.05) is 11.6 Å². The second kappa shape index (κ2) is 5.61. The molecule has 4 heterocycles. The number of hydrogen-bond acceptors (Lipinski definition) is 3. The van der Waals surface area contributed by atoms with Crippen molar-refractivity contribution in [2.24, 2.45) is 0 Å². The molecular weight excluding hydrogens is 296 g/mol. The Morgan fingerprint density at radius 2 is 2.00 bits per heavy atom. The van der Waals surface area contributed by atoms with Gasteiger partial charge in [0.2, 0.25) is 0 Å². The van der Waals surface area contributed by atoms with Gasteiger partial charge < -0.3 is 9.88 Å². The SMILES string of the molecule is Clc1cc(-c2c[nH]c3ncccc23)cc(N2CCCCC2)n1. The minimum atomic E-state index is 0.538. The van der Waals surface area contributed by atoms with Gasteiger partial charge in [-0.15, -0.1) is 0 Å². The number of piperidine rings is 1. The van der Waals surface area contributed by atoms with Crippen LogP contribution in [0.1, 0.15) is 19.3 Å². The smallest absolute Gasteiger partial charge is 0.137 e. The highest BCUT2D eigenvalue weighted by Crippen LogP contribution is 2.32. The lowest BCUT2D eigenvalue weighted by atomic mass is 10.1. The van der Waals surface area contributed by atoms with E-state index in [1.54, 1.807) is 6.20 Å². The molecule has 1 aliphatic heterocycles. The first kappa shape index (κ1) is 13.6. The van der Waals surface area contributed by atoms with Gasteiger partial charge in [0, 0.05) is 36.4 Å². The van der Waals surface area contributed by atoms with Crippen molar-refractivity contribution in [3.05, 3.63) is 41.8 Å². The third kappa shape index (κ3) is 2.44. The zero-order valence-corrected chi connectivity index (χ0v) is 13.0. The molecule has 22 heavy (non-hydrogen) atoms. The molecule has 0 unspecified atom stereocenters. The number of fused-ring (bicyclic) bond motifs is 1. The molecule has 4 nitrogen and oxygen atoms in total. The van der Waals surface area contributed by atoms with Crippen LogP contribution in [0.2, 0.25) is 5.15 Å². The summed E-state index contributed by atoms with van der Waals surface area (Å²) in [5, 5.41) is 1.64. The molecule has 3 aromatic heterocycles. The maximum absolute atomic E-state index is 6.27. The Hall–Kier alpha value is -2.07. The highest BCUT2D eigenvalue weighted by molar-refractivity contribution is 6.29. The van der Waals surface area contributed by atoms with E-state index in [-0.39, 0.29) is 0 Å². The van der Waals surface area contributed by atoms with E-state index in [2.05, 4.69) is 32.0 Å². The second-order valence-electron chi connectivity index (χ2n) is 5.69. The molecule has 1 fully saturated rings. The lowest BCUT2D eigenvalue weighted by Gasteiger charge is -2.28. The summed E-state index contributed by atoms with van der Waals surface area (Å²) < 4.78 is 0. The van der Waals surface area contributed by atoms with Crippen LogP contribution in [0.5, 0.6) is 0 Å². The van der Waals surface area contributed by atoms with E-state index >= 15 is 0 Å². The number of aromatic nitrogens is 3. The van der Waals surface area contributed by atoms with Crippen molar-refractivity contribution in [3.8, 4) is 11.1 Å². The number of H-pyrrole nitrogens is 1. The number of anilines is 1. The minimum absolute atomic E-state index is 0.538. The lowest BCUT2D eigenvalue weighted by molar-refractivity contribution is 0.573. The number of aromatic amines is 1. The number of hydrogen-bond donors (Lipinski definition) is 1. The maximum Gasteiger partial charge on any atom is 0.137 e. The Balaban J connectivity index is 1.80. The first-order chi connectivity index (χ1) is 10.8. The second-order valence-corrected chi connectivity index (χ2v) is 6.07. The van der Waals surface area contributed by atoms with Gasteiger partial charge in [0.25, 0.3) is 0 Å². The van der Waals surface area contributed by atoms with Crippen LogP contribution < -0.4 is 4.90 Å². The van der Waals surface area contributed by atoms with Crippen LogP contribution >= 0.6 is 11.6 Å². The Labute approximate surface area is 134 Å². The average molecular weight is 313 g/mol. The molecule has 5 heteroatoms. The van der Waals surface area contributed by atoms with Gasteiger partial charge >= 0.3 is 0 Å². The molecule has 0 spiro atoms. The molecular formula is C17H17ClN4. The molecule has 1 aliphatic rings. The zero-order chi connectivity index (χ0) is 14.9. The summed E-state index contributed by atoms with van der Waals surface area (Å²) in [5.41, 5.74) is 3.09. The van der Waals surface area contributed by atoms with E-state index in [1.165, 1.54) is 19.3 Å². The predicted molar refractivity (Wildman–Crippen MR) is 90.4 cm³/mol. The van der Waals surface area contributed by atoms with E-state index in [1.807, 2.05) is 18.3 Å². The molecule has 0 saturated carbocycles. The monoisotopic (exact) mass is 312 g/mol. The van der Waals surface area contributed by atoms with Crippen LogP contribution in [0.4, 0.5) is 5.82 Å². The van der Waals surface area contributed by atoms with Crippen LogP contribution in [0.3, 0.4) is 0 Å². The quantitative estimate of drug-likeness (QED) is 0.719. The van der Waals surface area contributed by atoms with Crippen molar-refractivity contribution in [1.82, 2.24) is 15.0 Å². The van der Waals surface area contributed by atoms with Crippen molar-refractivity contribution >= 4 is 28.5 Å². The summed E-state index contributed by atoms with van der Waals surface area (Å²) in [6.07, 6.45) is 7.53. The van der Waals surface area contributed by atoms with Crippen LogP contribution in [-0.2, 0) is 0 Å². The van der Waals surface area contributed by atoms with Gasteiger partial charge in [-0.05, 0) is 49.1 Å². The third-order valence-corrected chi connectivity index (χ3v) is 4.42. The summed E-state index contributed by atoms with van der Waals surface area (Å²) >= 11 is 6.27. The highest BCUT2D eigenvalue weighted by Gasteiger charge is 2.15. The molecule has 0 aliphatic carbocycles. The normalized spacial score (nSPS) is 15.4. The van der Waals surface area contributed by atoms with Crippen molar-refractivity contribution in [1.29, 1.82) is 0 Å². The Morgan fingerprint density at radius 3 is 2.86 bits per heavy atom. The van der Waals surface area contributed by atoms with Crippen molar-refractivity contribution in [2.75, 3.05) is 18.0 Å². The summed E-state index contributed by atoms with van der Waals surface area (Å²) in [6.45, 7) is 2.12. The van der Waals surface area contributed by atoms with Gasteiger partial charge in [0.1, 0.15) is 16.6 Å². The number of pyridine rings is 2. The van der Waals surface area contributed by atoms with Crippen LogP contribution in [-0.4, -0.2) is 28.0 Å². The number of halogens is 1. The molecule has 112 valence electrons. The average Bonchev–Trinajstić information content (AvgIpc) is 2.99. The topological polar surface area (TPSA) is 44.8 Å². The molecule has 0 radical (unpaired) electrons. The molecule has 0 bridgehead atoms. The number of nitrogens with zero attached hydrogens (tertiary/aromatic N) is 3. The first-order valence-corrected chi connectivity index (χ1v) is 8.04. The van der Waals surface area contributed by atoms with E-state index in [0.29, 0.717) is 5.15 Å². The van der Waals surface area contributed by atoms with E-state index in [4.69, 9.17) is 11.6 Å². The highest BCUT2D eigenvalue weighted by atomic mass is 35.5. The fourth-order valence-electron chi connectivity index (χ4n) is 3.12. The molecule has 4 rings (SSSR count). The summed E-state index contributed by atoms with van der Waals surface area (Å²) in [6, 6.07) is 8.08. The maximum atomic E-state index is 6.27. The standard InChI is InChI=1S/C17H17ClN4/c18-15-9-12(10-16(21-15)22-7-2-1-3-8-22)14-11-20-17-13(14)5-4-6-19-17/h4-6,9-11H,1-3,7-8H2,(H,19,20). The van der Waals surface area contributed by atoms with Gasteiger partial charge in [-0.3, -0.25) is 0 Å². The summed E-state index contributed by atoms with van der Waals surface area (Å²) in [5.74, 6) is 0.973. The predicted octanol–water partition coefficient (Wildman–Crippen LogP) is 4.27. The largest absolute Gasteiger partial charge is 0.357 e. The van der Waals surface area contributed by atoms with Gasteiger partial charge in [-0.2, -0.15) is 0 Å². The van der Waals surface area contributed by atoms with Gasteiger partial charge in [-0.25, -0.2) is 9.97 Å². The van der Waals surface area contributed by atoms with Crippen molar-refractivity contribution in [3.63, 3.8) is 0 Å². The van der Waals surface area contributed by atoms with Gasteiger partial charge in [0.05, 0.1) is 0 Å². The molecule has 0 aromatic carbocycles. The molecule has 0 amide bonds. The van der Waals surface area contributed by atoms with E-state index in [0.717, 1.165) is 41.1 Å². The summed E-state index contributed by atoms with van der Waals surface area (Å²) in [7, 11) is 0. The van der Waals surface area contributed by atoms with E-state index in [9.17, 15) is 0 Å². The lowest BCUT2D eigenvalue weighted by Crippen LogP contribution is -2.30. The zero-order valence-electron chi connectivity index (χ0n) is 12.2. The first-order valence-electron chi connectivity index (χ1n) is 7.66. The third-order valence-electron chi connectivity index (χ3n) is 4.22. The molecule has 0 atom stereocenters. The molecule has 3 aromatic rings. The minimum Gasteiger partial charge on any atom is -0.357 e. The Kier molecular flexibility index (Phi) is 3.47. The fourth-order valence-corrected chi connectivity index (χ4v) is 3.32. The molecule has 1 N–H and O–H groups in total. The molecule has 1 saturated heterocycles. The van der Waals surface area contributed by atoms with Crippen LogP contribution in [0.25, 0.3) is 22.2 Å². The van der Waals surface area contributed by atoms with Crippen molar-refractivity contribution < 1.29 is 0 Å².